The van der Waals surface area contributed by atoms with Gasteiger partial charge in [0.05, 0.1) is 15.2 Å². The zero-order valence-corrected chi connectivity index (χ0v) is 10.1. The van der Waals surface area contributed by atoms with Crippen molar-refractivity contribution >= 4 is 21.6 Å². The summed E-state index contributed by atoms with van der Waals surface area (Å²) in [6, 6.07) is 4.53. The Labute approximate surface area is 99.5 Å². The molecule has 0 amide bonds. The molecule has 0 fully saturated rings. The van der Waals surface area contributed by atoms with Gasteiger partial charge in [0, 0.05) is 6.42 Å². The highest BCUT2D eigenvalue weighted by Crippen LogP contribution is 2.31. The number of aryl methyl sites for hydroxylation is 2. The van der Waals surface area contributed by atoms with Crippen LogP contribution in [0.3, 0.4) is 0 Å². The molecular weight excluding hydrogens is 216 g/mol. The molecule has 0 saturated carbocycles. The smallest absolute Gasteiger partial charge is 0.0951 e. The van der Waals surface area contributed by atoms with Gasteiger partial charge in [-0.2, -0.15) is 0 Å². The average Bonchev–Trinajstić information content (AvgIpc) is 2.72. The molecule has 0 atom stereocenters. The normalized spacial score (nSPS) is 15.3. The second-order valence-electron chi connectivity index (χ2n) is 4.40. The predicted molar refractivity (Wildman–Crippen MR) is 69.0 cm³/mol. The maximum absolute atomic E-state index is 5.59. The average molecular weight is 232 g/mol. The summed E-state index contributed by atoms with van der Waals surface area (Å²) in [4.78, 5) is 4.75. The van der Waals surface area contributed by atoms with Gasteiger partial charge in [0.1, 0.15) is 0 Å². The summed E-state index contributed by atoms with van der Waals surface area (Å²) >= 11 is 1.80. The molecular formula is C13H16N2S. The Balaban J connectivity index is 2.15. The van der Waals surface area contributed by atoms with E-state index in [0.29, 0.717) is 6.54 Å². The van der Waals surface area contributed by atoms with E-state index in [1.165, 1.54) is 52.0 Å². The Morgan fingerprint density at radius 1 is 1.25 bits per heavy atom. The number of hydrogen-bond donors (Lipinski definition) is 1. The summed E-state index contributed by atoms with van der Waals surface area (Å²) in [6.45, 7) is 0.696. The van der Waals surface area contributed by atoms with E-state index in [2.05, 4.69) is 12.1 Å². The molecule has 2 aromatic rings. The van der Waals surface area contributed by atoms with Crippen molar-refractivity contribution in [3.8, 4) is 0 Å². The number of nitrogens with zero attached hydrogens (tertiary/aromatic N) is 1. The lowest BCUT2D eigenvalue weighted by Crippen LogP contribution is -2.03. The molecule has 0 bridgehead atoms. The molecule has 2 N–H and O–H groups in total. The quantitative estimate of drug-likeness (QED) is 0.864. The highest BCUT2D eigenvalue weighted by molar-refractivity contribution is 7.18. The molecule has 0 aliphatic heterocycles. The van der Waals surface area contributed by atoms with Crippen LogP contribution in [-0.2, 0) is 19.3 Å². The minimum Gasteiger partial charge on any atom is -0.330 e. The van der Waals surface area contributed by atoms with E-state index >= 15 is 0 Å². The van der Waals surface area contributed by atoms with E-state index in [-0.39, 0.29) is 0 Å². The number of rotatable bonds is 2. The van der Waals surface area contributed by atoms with Gasteiger partial charge in [-0.05, 0) is 49.4 Å². The van der Waals surface area contributed by atoms with Crippen LogP contribution in [-0.4, -0.2) is 11.5 Å². The van der Waals surface area contributed by atoms with Crippen LogP contribution in [0.4, 0.5) is 0 Å². The summed E-state index contributed by atoms with van der Waals surface area (Å²) in [6.07, 6.45) is 6.00. The number of thiazole rings is 1. The van der Waals surface area contributed by atoms with Gasteiger partial charge in [-0.15, -0.1) is 11.3 Å². The van der Waals surface area contributed by atoms with Crippen LogP contribution in [0.15, 0.2) is 12.1 Å². The van der Waals surface area contributed by atoms with Crippen LogP contribution >= 0.6 is 11.3 Å². The summed E-state index contributed by atoms with van der Waals surface area (Å²) in [5.74, 6) is 0. The van der Waals surface area contributed by atoms with E-state index in [4.69, 9.17) is 10.7 Å². The molecule has 1 aliphatic carbocycles. The first kappa shape index (κ1) is 10.2. The van der Waals surface area contributed by atoms with Gasteiger partial charge in [-0.3, -0.25) is 0 Å². The first-order chi connectivity index (χ1) is 7.88. The second-order valence-corrected chi connectivity index (χ2v) is 5.52. The van der Waals surface area contributed by atoms with Gasteiger partial charge in [0.15, 0.2) is 0 Å². The third-order valence-corrected chi connectivity index (χ3v) is 4.37. The predicted octanol–water partition coefficient (Wildman–Crippen LogP) is 2.68. The third kappa shape index (κ3) is 1.64. The van der Waals surface area contributed by atoms with Crippen LogP contribution in [0.5, 0.6) is 0 Å². The summed E-state index contributed by atoms with van der Waals surface area (Å²) in [5.41, 5.74) is 9.86. The molecule has 1 aromatic heterocycles. The minimum atomic E-state index is 0.696. The van der Waals surface area contributed by atoms with Crippen molar-refractivity contribution in [1.82, 2.24) is 4.98 Å². The largest absolute Gasteiger partial charge is 0.330 e. The van der Waals surface area contributed by atoms with E-state index in [1.54, 1.807) is 11.3 Å². The van der Waals surface area contributed by atoms with Crippen molar-refractivity contribution < 1.29 is 0 Å². The summed E-state index contributed by atoms with van der Waals surface area (Å²) in [7, 11) is 0. The van der Waals surface area contributed by atoms with E-state index < -0.39 is 0 Å². The zero-order valence-electron chi connectivity index (χ0n) is 9.33. The van der Waals surface area contributed by atoms with Crippen molar-refractivity contribution in [2.75, 3.05) is 6.54 Å². The lowest BCUT2D eigenvalue weighted by Gasteiger charge is -2.15. The van der Waals surface area contributed by atoms with Crippen LogP contribution in [0.2, 0.25) is 0 Å². The molecule has 1 heterocycles. The van der Waals surface area contributed by atoms with Gasteiger partial charge in [-0.25, -0.2) is 4.98 Å². The number of nitrogens with two attached hydrogens (primary N) is 1. The SMILES string of the molecule is NCCc1nc2c3c(ccc2s1)CCCC3. The van der Waals surface area contributed by atoms with Crippen LogP contribution in [0.1, 0.15) is 29.0 Å². The minimum absolute atomic E-state index is 0.696. The molecule has 0 spiro atoms. The fourth-order valence-corrected chi connectivity index (χ4v) is 3.51. The highest BCUT2D eigenvalue weighted by atomic mass is 32.1. The molecule has 3 heteroatoms. The van der Waals surface area contributed by atoms with E-state index in [1.807, 2.05) is 0 Å². The van der Waals surface area contributed by atoms with Crippen molar-refractivity contribution in [2.45, 2.75) is 32.1 Å². The Hall–Kier alpha value is -0.930. The highest BCUT2D eigenvalue weighted by Gasteiger charge is 2.15. The molecule has 0 radical (unpaired) electrons. The molecule has 2 nitrogen and oxygen atoms in total. The third-order valence-electron chi connectivity index (χ3n) is 3.29. The zero-order chi connectivity index (χ0) is 11.0. The molecule has 84 valence electrons. The van der Waals surface area contributed by atoms with Crippen LogP contribution in [0.25, 0.3) is 10.2 Å². The van der Waals surface area contributed by atoms with Gasteiger partial charge in [0.25, 0.3) is 0 Å². The van der Waals surface area contributed by atoms with Crippen molar-refractivity contribution in [2.24, 2.45) is 5.73 Å². The molecule has 0 saturated heterocycles. The lowest BCUT2D eigenvalue weighted by molar-refractivity contribution is 0.689. The van der Waals surface area contributed by atoms with Crippen molar-refractivity contribution in [3.05, 3.63) is 28.3 Å². The van der Waals surface area contributed by atoms with Crippen molar-refractivity contribution in [3.63, 3.8) is 0 Å². The fourth-order valence-electron chi connectivity index (χ4n) is 2.50. The molecule has 1 aliphatic rings. The Morgan fingerprint density at radius 3 is 3.00 bits per heavy atom. The number of hydrogen-bond acceptors (Lipinski definition) is 3. The lowest BCUT2D eigenvalue weighted by atomic mass is 9.91. The maximum atomic E-state index is 5.59. The maximum Gasteiger partial charge on any atom is 0.0951 e. The Morgan fingerprint density at radius 2 is 2.12 bits per heavy atom. The molecule has 16 heavy (non-hydrogen) atoms. The molecule has 0 unspecified atom stereocenters. The van der Waals surface area contributed by atoms with Crippen molar-refractivity contribution in [1.29, 1.82) is 0 Å². The summed E-state index contributed by atoms with van der Waals surface area (Å²) < 4.78 is 1.34. The monoisotopic (exact) mass is 232 g/mol. The van der Waals surface area contributed by atoms with E-state index in [0.717, 1.165) is 6.42 Å². The van der Waals surface area contributed by atoms with Gasteiger partial charge >= 0.3 is 0 Å². The second kappa shape index (κ2) is 4.15. The first-order valence-corrected chi connectivity index (χ1v) is 6.80. The Bertz CT molecular complexity index is 516. The standard InChI is InChI=1S/C13H16N2S/c14-8-7-12-15-13-10-4-2-1-3-9(10)5-6-11(13)16-12/h5-6H,1-4,7-8,14H2. The fraction of sp³-hybridized carbons (Fsp3) is 0.462. The topological polar surface area (TPSA) is 38.9 Å². The number of aromatic nitrogens is 1. The Kier molecular flexibility index (Phi) is 2.65. The van der Waals surface area contributed by atoms with Crippen LogP contribution < -0.4 is 5.73 Å². The van der Waals surface area contributed by atoms with Crippen LogP contribution in [0, 0.1) is 0 Å². The van der Waals surface area contributed by atoms with Gasteiger partial charge < -0.3 is 5.73 Å². The molecule has 3 rings (SSSR count). The van der Waals surface area contributed by atoms with E-state index in [9.17, 15) is 0 Å². The molecule has 1 aromatic carbocycles. The number of benzene rings is 1. The number of fused-ring (bicyclic) bond motifs is 3. The van der Waals surface area contributed by atoms with Gasteiger partial charge in [-0.1, -0.05) is 6.07 Å². The summed E-state index contributed by atoms with van der Waals surface area (Å²) in [5, 5.41) is 1.19. The van der Waals surface area contributed by atoms with Gasteiger partial charge in [0.2, 0.25) is 0 Å². The first-order valence-electron chi connectivity index (χ1n) is 5.99.